The number of aromatic nitrogens is 1. The molecule has 1 aliphatic rings. The van der Waals surface area contributed by atoms with Crippen LogP contribution in [-0.2, 0) is 6.54 Å². The highest BCUT2D eigenvalue weighted by Gasteiger charge is 2.22. The maximum atomic E-state index is 3.40. The van der Waals surface area contributed by atoms with Gasteiger partial charge in [-0.15, -0.1) is 0 Å². The number of aryl methyl sites for hydroxylation is 1. The first kappa shape index (κ1) is 6.65. The van der Waals surface area contributed by atoms with Crippen LogP contribution in [0.15, 0.2) is 18.3 Å². The zero-order valence-corrected chi connectivity index (χ0v) is 6.96. The molecule has 1 atom stereocenters. The SMILES string of the molecule is Cc1cc[n+]2c(c1)NC(C)C2. The molecule has 0 fully saturated rings. The molecule has 0 bridgehead atoms. The molecule has 1 unspecified atom stereocenters. The van der Waals surface area contributed by atoms with Crippen LogP contribution in [0.1, 0.15) is 12.5 Å². The summed E-state index contributed by atoms with van der Waals surface area (Å²) in [5.74, 6) is 1.25. The van der Waals surface area contributed by atoms with Crippen molar-refractivity contribution in [1.82, 2.24) is 0 Å². The van der Waals surface area contributed by atoms with E-state index in [9.17, 15) is 0 Å². The van der Waals surface area contributed by atoms with Gasteiger partial charge in [0.15, 0.2) is 0 Å². The minimum absolute atomic E-state index is 0.580. The second-order valence-corrected chi connectivity index (χ2v) is 3.29. The van der Waals surface area contributed by atoms with Gasteiger partial charge in [0.25, 0.3) is 5.82 Å². The van der Waals surface area contributed by atoms with E-state index in [0.29, 0.717) is 6.04 Å². The number of nitrogens with zero attached hydrogens (tertiary/aromatic N) is 1. The van der Waals surface area contributed by atoms with Gasteiger partial charge in [0.05, 0.1) is 6.20 Å². The van der Waals surface area contributed by atoms with Crippen LogP contribution in [0.4, 0.5) is 5.82 Å². The van der Waals surface area contributed by atoms with Gasteiger partial charge in [-0.2, -0.15) is 0 Å². The molecule has 0 aliphatic carbocycles. The Bertz CT molecular complexity index is 281. The van der Waals surface area contributed by atoms with Crippen molar-refractivity contribution in [3.63, 3.8) is 0 Å². The van der Waals surface area contributed by atoms with Crippen LogP contribution >= 0.6 is 0 Å². The van der Waals surface area contributed by atoms with Crippen molar-refractivity contribution in [3.8, 4) is 0 Å². The number of rotatable bonds is 0. The molecule has 11 heavy (non-hydrogen) atoms. The van der Waals surface area contributed by atoms with E-state index in [1.165, 1.54) is 11.4 Å². The van der Waals surface area contributed by atoms with E-state index in [1.807, 2.05) is 0 Å². The molecule has 0 spiro atoms. The molecule has 0 saturated carbocycles. The standard InChI is InChI=1S/C9H12N2/c1-7-3-4-11-6-8(2)10-9(11)5-7/h3-5,8H,6H2,1-2H3/p+1. The third kappa shape index (κ3) is 1.09. The van der Waals surface area contributed by atoms with Crippen molar-refractivity contribution in [2.24, 2.45) is 0 Å². The Kier molecular flexibility index (Phi) is 1.34. The van der Waals surface area contributed by atoms with Gasteiger partial charge in [-0.1, -0.05) is 0 Å². The van der Waals surface area contributed by atoms with E-state index in [2.05, 4.69) is 42.1 Å². The molecular formula is C9H13N2+. The average molecular weight is 149 g/mol. The second kappa shape index (κ2) is 2.22. The van der Waals surface area contributed by atoms with Gasteiger partial charge < -0.3 is 0 Å². The topological polar surface area (TPSA) is 15.9 Å². The highest BCUT2D eigenvalue weighted by atomic mass is 15.2. The fourth-order valence-electron chi connectivity index (χ4n) is 1.51. The number of anilines is 1. The smallest absolute Gasteiger partial charge is 0.268 e. The van der Waals surface area contributed by atoms with Gasteiger partial charge in [-0.25, -0.2) is 4.57 Å². The Balaban J connectivity index is 2.43. The highest BCUT2D eigenvalue weighted by molar-refractivity contribution is 5.34. The monoisotopic (exact) mass is 149 g/mol. The van der Waals surface area contributed by atoms with Crippen LogP contribution in [0.2, 0.25) is 0 Å². The summed E-state index contributed by atoms with van der Waals surface area (Å²) in [6.45, 7) is 5.41. The largest absolute Gasteiger partial charge is 0.275 e. The lowest BCUT2D eigenvalue weighted by Gasteiger charge is -1.93. The number of hydrogen-bond donors (Lipinski definition) is 1. The minimum Gasteiger partial charge on any atom is -0.268 e. The van der Waals surface area contributed by atoms with E-state index in [-0.39, 0.29) is 0 Å². The molecule has 2 heteroatoms. The van der Waals surface area contributed by atoms with Crippen LogP contribution < -0.4 is 9.88 Å². The third-order valence-electron chi connectivity index (χ3n) is 2.06. The molecule has 0 aromatic carbocycles. The summed E-state index contributed by atoms with van der Waals surface area (Å²) in [5, 5.41) is 3.40. The molecule has 1 aromatic heterocycles. The molecule has 2 heterocycles. The van der Waals surface area contributed by atoms with Crippen LogP contribution in [-0.4, -0.2) is 6.04 Å². The summed E-state index contributed by atoms with van der Waals surface area (Å²) in [6.07, 6.45) is 2.14. The third-order valence-corrected chi connectivity index (χ3v) is 2.06. The number of pyridine rings is 1. The molecule has 58 valence electrons. The first-order valence-electron chi connectivity index (χ1n) is 4.02. The Hall–Kier alpha value is -1.05. The summed E-state index contributed by atoms with van der Waals surface area (Å²) in [6, 6.07) is 4.91. The average Bonchev–Trinajstić information content (AvgIpc) is 2.27. The minimum atomic E-state index is 0.580. The fraction of sp³-hybridized carbons (Fsp3) is 0.444. The van der Waals surface area contributed by atoms with E-state index in [0.717, 1.165) is 6.54 Å². The van der Waals surface area contributed by atoms with E-state index in [4.69, 9.17) is 0 Å². The van der Waals surface area contributed by atoms with Gasteiger partial charge in [0.2, 0.25) is 0 Å². The molecule has 0 amide bonds. The summed E-state index contributed by atoms with van der Waals surface area (Å²) >= 11 is 0. The summed E-state index contributed by atoms with van der Waals surface area (Å²) < 4.78 is 2.25. The van der Waals surface area contributed by atoms with Crippen molar-refractivity contribution < 1.29 is 4.57 Å². The van der Waals surface area contributed by atoms with Gasteiger partial charge in [-0.3, -0.25) is 5.32 Å². The molecule has 2 nitrogen and oxygen atoms in total. The molecular weight excluding hydrogens is 136 g/mol. The van der Waals surface area contributed by atoms with Crippen molar-refractivity contribution in [2.45, 2.75) is 26.4 Å². The Morgan fingerprint density at radius 1 is 1.64 bits per heavy atom. The van der Waals surface area contributed by atoms with E-state index in [1.54, 1.807) is 0 Å². The normalized spacial score (nSPS) is 21.1. The first-order chi connectivity index (χ1) is 5.25. The van der Waals surface area contributed by atoms with E-state index < -0.39 is 0 Å². The predicted octanol–water partition coefficient (Wildman–Crippen LogP) is 1.10. The zero-order valence-electron chi connectivity index (χ0n) is 6.96. The maximum Gasteiger partial charge on any atom is 0.275 e. The summed E-state index contributed by atoms with van der Waals surface area (Å²) in [4.78, 5) is 0. The van der Waals surface area contributed by atoms with Gasteiger partial charge >= 0.3 is 0 Å². The molecule has 0 radical (unpaired) electrons. The van der Waals surface area contributed by atoms with Crippen molar-refractivity contribution in [2.75, 3.05) is 5.32 Å². The highest BCUT2D eigenvalue weighted by Crippen LogP contribution is 2.10. The number of nitrogens with one attached hydrogen (secondary N) is 1. The van der Waals surface area contributed by atoms with Crippen molar-refractivity contribution in [1.29, 1.82) is 0 Å². The van der Waals surface area contributed by atoms with Gasteiger partial charge in [-0.05, 0) is 25.5 Å². The molecule has 1 aromatic rings. The zero-order chi connectivity index (χ0) is 7.84. The lowest BCUT2D eigenvalue weighted by Crippen LogP contribution is -2.31. The predicted molar refractivity (Wildman–Crippen MR) is 44.5 cm³/mol. The Morgan fingerprint density at radius 3 is 3.27 bits per heavy atom. The summed E-state index contributed by atoms with van der Waals surface area (Å²) in [5.41, 5.74) is 1.32. The van der Waals surface area contributed by atoms with E-state index >= 15 is 0 Å². The lowest BCUT2D eigenvalue weighted by atomic mass is 10.3. The van der Waals surface area contributed by atoms with Crippen LogP contribution in [0.5, 0.6) is 0 Å². The number of hydrogen-bond acceptors (Lipinski definition) is 1. The maximum absolute atomic E-state index is 3.40. The van der Waals surface area contributed by atoms with Crippen LogP contribution in [0, 0.1) is 6.92 Å². The fourth-order valence-corrected chi connectivity index (χ4v) is 1.51. The van der Waals surface area contributed by atoms with Gasteiger partial charge in [0, 0.05) is 6.07 Å². The van der Waals surface area contributed by atoms with Crippen molar-refractivity contribution >= 4 is 5.82 Å². The lowest BCUT2D eigenvalue weighted by molar-refractivity contribution is -0.673. The molecule has 1 aliphatic heterocycles. The second-order valence-electron chi connectivity index (χ2n) is 3.29. The van der Waals surface area contributed by atoms with Crippen LogP contribution in [0.3, 0.4) is 0 Å². The number of fused-ring (bicyclic) bond motifs is 1. The molecule has 0 saturated heterocycles. The molecule has 2 rings (SSSR count). The Morgan fingerprint density at radius 2 is 2.45 bits per heavy atom. The Labute approximate surface area is 66.9 Å². The van der Waals surface area contributed by atoms with Crippen molar-refractivity contribution in [3.05, 3.63) is 23.9 Å². The van der Waals surface area contributed by atoms with Crippen LogP contribution in [0.25, 0.3) is 0 Å². The van der Waals surface area contributed by atoms with Gasteiger partial charge in [0.1, 0.15) is 12.6 Å². The first-order valence-corrected chi connectivity index (χ1v) is 4.02. The summed E-state index contributed by atoms with van der Waals surface area (Å²) in [7, 11) is 0. The molecule has 1 N–H and O–H groups in total. The quantitative estimate of drug-likeness (QED) is 0.546.